The summed E-state index contributed by atoms with van der Waals surface area (Å²) in [5.74, 6) is 0. The summed E-state index contributed by atoms with van der Waals surface area (Å²) in [7, 11) is 0. The number of hydrogen-bond acceptors (Lipinski definition) is 0. The molecule has 0 aromatic heterocycles. The van der Waals surface area contributed by atoms with E-state index in [9.17, 15) is 0 Å². The van der Waals surface area contributed by atoms with E-state index >= 15 is 0 Å². The van der Waals surface area contributed by atoms with Crippen LogP contribution in [0.1, 0.15) is 38.3 Å². The Morgan fingerprint density at radius 2 is 1.86 bits per heavy atom. The van der Waals surface area contributed by atoms with Crippen LogP contribution in [0.3, 0.4) is 0 Å². The molecule has 0 spiro atoms. The van der Waals surface area contributed by atoms with Crippen LogP contribution in [0.15, 0.2) is 77.9 Å². The third kappa shape index (κ3) is 1.90. The van der Waals surface area contributed by atoms with E-state index in [0.717, 1.165) is 6.42 Å². The van der Waals surface area contributed by atoms with Gasteiger partial charge in [-0.2, -0.15) is 0 Å². The summed E-state index contributed by atoms with van der Waals surface area (Å²) in [6, 6.07) is 8.78. The Morgan fingerprint density at radius 3 is 2.57 bits per heavy atom. The molecular weight excluding hydrogens is 252 g/mol. The van der Waals surface area contributed by atoms with E-state index in [1.54, 1.807) is 0 Å². The zero-order chi connectivity index (χ0) is 15.0. The molecule has 0 nitrogen and oxygen atoms in total. The van der Waals surface area contributed by atoms with Gasteiger partial charge in [-0.15, -0.1) is 0 Å². The van der Waals surface area contributed by atoms with Crippen LogP contribution in [0.5, 0.6) is 0 Å². The molecule has 3 rings (SSSR count). The van der Waals surface area contributed by atoms with Crippen LogP contribution in [0, 0.1) is 0 Å². The van der Waals surface area contributed by atoms with Crippen molar-refractivity contribution in [3.05, 3.63) is 89.1 Å². The van der Waals surface area contributed by atoms with E-state index in [1.807, 2.05) is 6.08 Å². The molecule has 0 amide bonds. The number of hydrogen-bond donors (Lipinski definition) is 0. The molecule has 2 aliphatic rings. The quantitative estimate of drug-likeness (QED) is 0.602. The summed E-state index contributed by atoms with van der Waals surface area (Å²) in [5, 5.41) is 0. The molecule has 0 radical (unpaired) electrons. The van der Waals surface area contributed by atoms with E-state index in [4.69, 9.17) is 0 Å². The predicted molar refractivity (Wildman–Crippen MR) is 92.2 cm³/mol. The van der Waals surface area contributed by atoms with E-state index in [-0.39, 0.29) is 5.41 Å². The minimum absolute atomic E-state index is 0.0995. The van der Waals surface area contributed by atoms with Gasteiger partial charge in [-0.25, -0.2) is 0 Å². The Morgan fingerprint density at radius 1 is 1.14 bits per heavy atom. The lowest BCUT2D eigenvalue weighted by atomic mass is 9.71. The molecule has 0 saturated heterocycles. The maximum absolute atomic E-state index is 4.08. The summed E-state index contributed by atoms with van der Waals surface area (Å²) < 4.78 is 0. The summed E-state index contributed by atoms with van der Waals surface area (Å²) in [6.45, 7) is 10.8. The Hall–Kier alpha value is -2.08. The van der Waals surface area contributed by atoms with Crippen molar-refractivity contribution < 1.29 is 0 Å². The summed E-state index contributed by atoms with van der Waals surface area (Å²) in [6.07, 6.45) is 12.1. The first kappa shape index (κ1) is 13.9. The fourth-order valence-electron chi connectivity index (χ4n) is 3.80. The van der Waals surface area contributed by atoms with Gasteiger partial charge in [0.25, 0.3) is 0 Å². The van der Waals surface area contributed by atoms with Gasteiger partial charge >= 0.3 is 0 Å². The van der Waals surface area contributed by atoms with Crippen LogP contribution in [0.4, 0.5) is 0 Å². The van der Waals surface area contributed by atoms with E-state index in [1.165, 1.54) is 33.4 Å². The average molecular weight is 274 g/mol. The van der Waals surface area contributed by atoms with E-state index < -0.39 is 0 Å². The monoisotopic (exact) mass is 274 g/mol. The molecule has 1 unspecified atom stereocenters. The number of rotatable bonds is 2. The molecule has 21 heavy (non-hydrogen) atoms. The number of allylic oxidation sites excluding steroid dienone is 9. The molecule has 0 heterocycles. The second-order valence-electron chi connectivity index (χ2n) is 6.16. The van der Waals surface area contributed by atoms with Crippen LogP contribution in [0.2, 0.25) is 0 Å². The first-order valence-corrected chi connectivity index (χ1v) is 7.58. The normalized spacial score (nSPS) is 22.6. The van der Waals surface area contributed by atoms with Gasteiger partial charge in [0.1, 0.15) is 0 Å². The summed E-state index contributed by atoms with van der Waals surface area (Å²) in [5.41, 5.74) is 8.06. The average Bonchev–Trinajstić information content (AvgIpc) is 2.64. The van der Waals surface area contributed by atoms with Crippen molar-refractivity contribution in [3.63, 3.8) is 0 Å². The van der Waals surface area contributed by atoms with Crippen molar-refractivity contribution in [2.24, 2.45) is 0 Å². The Kier molecular flexibility index (Phi) is 3.33. The van der Waals surface area contributed by atoms with Gasteiger partial charge in [-0.3, -0.25) is 0 Å². The van der Waals surface area contributed by atoms with Gasteiger partial charge in [0.2, 0.25) is 0 Å². The van der Waals surface area contributed by atoms with E-state index in [2.05, 4.69) is 75.9 Å². The maximum atomic E-state index is 4.08. The van der Waals surface area contributed by atoms with Gasteiger partial charge in [-0.1, -0.05) is 66.8 Å². The standard InChI is InChI=1S/C21H22/c1-5-18(15(2)3)21(4)19-13-8-6-7-11-16(19)17-12-9-10-14-20(17)21/h5,7-14H,1,6H2,2-4H3. The van der Waals surface area contributed by atoms with Gasteiger partial charge in [-0.05, 0) is 55.0 Å². The van der Waals surface area contributed by atoms with Crippen LogP contribution >= 0.6 is 0 Å². The SMILES string of the molecule is C=CC(=C(C)C)C1(C)C2=C(C=CCC=C2)c2ccccc21. The summed E-state index contributed by atoms with van der Waals surface area (Å²) in [4.78, 5) is 0. The molecular formula is C21H22. The van der Waals surface area contributed by atoms with E-state index in [0.29, 0.717) is 0 Å². The third-order valence-electron chi connectivity index (χ3n) is 4.71. The molecule has 2 aliphatic carbocycles. The lowest BCUT2D eigenvalue weighted by molar-refractivity contribution is 0.697. The molecule has 0 bridgehead atoms. The maximum Gasteiger partial charge on any atom is 0.0434 e. The third-order valence-corrected chi connectivity index (χ3v) is 4.71. The lowest BCUT2D eigenvalue weighted by Gasteiger charge is -2.31. The van der Waals surface area contributed by atoms with Crippen LogP contribution in [-0.2, 0) is 5.41 Å². The van der Waals surface area contributed by atoms with Crippen LogP contribution in [0.25, 0.3) is 5.57 Å². The highest BCUT2D eigenvalue weighted by molar-refractivity contribution is 5.90. The van der Waals surface area contributed by atoms with Crippen molar-refractivity contribution in [1.29, 1.82) is 0 Å². The van der Waals surface area contributed by atoms with Crippen molar-refractivity contribution in [1.82, 2.24) is 0 Å². The van der Waals surface area contributed by atoms with Crippen LogP contribution < -0.4 is 0 Å². The van der Waals surface area contributed by atoms with Crippen molar-refractivity contribution in [3.8, 4) is 0 Å². The first-order valence-electron chi connectivity index (χ1n) is 7.58. The largest absolute Gasteiger partial charge is 0.0987 e. The highest BCUT2D eigenvalue weighted by atomic mass is 14.4. The number of fused-ring (bicyclic) bond motifs is 2. The van der Waals surface area contributed by atoms with Gasteiger partial charge in [0.15, 0.2) is 0 Å². The topological polar surface area (TPSA) is 0 Å². The first-order chi connectivity index (χ1) is 10.1. The number of benzene rings is 1. The summed E-state index contributed by atoms with van der Waals surface area (Å²) >= 11 is 0. The molecule has 0 aliphatic heterocycles. The zero-order valence-corrected chi connectivity index (χ0v) is 13.1. The Labute approximate surface area is 127 Å². The zero-order valence-electron chi connectivity index (χ0n) is 13.1. The van der Waals surface area contributed by atoms with Crippen molar-refractivity contribution >= 4 is 5.57 Å². The smallest absolute Gasteiger partial charge is 0.0434 e. The Bertz CT molecular complexity index is 718. The second-order valence-corrected chi connectivity index (χ2v) is 6.16. The predicted octanol–water partition coefficient (Wildman–Crippen LogP) is 5.75. The molecule has 1 atom stereocenters. The van der Waals surface area contributed by atoms with Crippen LogP contribution in [-0.4, -0.2) is 0 Å². The van der Waals surface area contributed by atoms with Gasteiger partial charge < -0.3 is 0 Å². The molecule has 0 fully saturated rings. The van der Waals surface area contributed by atoms with Crippen molar-refractivity contribution in [2.75, 3.05) is 0 Å². The minimum Gasteiger partial charge on any atom is -0.0987 e. The minimum atomic E-state index is -0.0995. The van der Waals surface area contributed by atoms with Gasteiger partial charge in [0, 0.05) is 5.41 Å². The molecule has 0 heteroatoms. The highest BCUT2D eigenvalue weighted by Crippen LogP contribution is 2.52. The Balaban J connectivity index is 2.39. The lowest BCUT2D eigenvalue weighted by Crippen LogP contribution is -2.24. The molecule has 0 N–H and O–H groups in total. The second kappa shape index (κ2) is 5.04. The van der Waals surface area contributed by atoms with Gasteiger partial charge in [0.05, 0.1) is 0 Å². The molecule has 1 aromatic carbocycles. The fraction of sp³-hybridized carbons (Fsp3) is 0.238. The van der Waals surface area contributed by atoms with Crippen molar-refractivity contribution in [2.45, 2.75) is 32.6 Å². The molecule has 0 saturated carbocycles. The molecule has 1 aromatic rings. The highest BCUT2D eigenvalue weighted by Gasteiger charge is 2.41. The fourth-order valence-corrected chi connectivity index (χ4v) is 3.80. The molecule has 106 valence electrons.